The minimum atomic E-state index is -5.07. The van der Waals surface area contributed by atoms with Gasteiger partial charge in [-0.05, 0) is 77.0 Å². The predicted octanol–water partition coefficient (Wildman–Crippen LogP) is 17.0. The average Bonchev–Trinajstić information content (AvgIpc) is 3.46. The summed E-state index contributed by atoms with van der Waals surface area (Å²) in [6.07, 6.45) is 63.0. The lowest BCUT2D eigenvalue weighted by atomic mass is 9.99. The molecule has 1 rings (SSSR count). The molecule has 78 heavy (non-hydrogen) atoms. The predicted molar refractivity (Wildman–Crippen MR) is 322 cm³/mol. The van der Waals surface area contributed by atoms with Crippen LogP contribution in [0.1, 0.15) is 296 Å². The summed E-state index contributed by atoms with van der Waals surface area (Å²) in [5.41, 5.74) is 0. The van der Waals surface area contributed by atoms with Gasteiger partial charge in [-0.1, -0.05) is 262 Å². The van der Waals surface area contributed by atoms with Crippen LogP contribution in [0.3, 0.4) is 0 Å². The molecule has 458 valence electrons. The van der Waals surface area contributed by atoms with Gasteiger partial charge in [0.2, 0.25) is 0 Å². The molecule has 0 aliphatic carbocycles. The van der Waals surface area contributed by atoms with Gasteiger partial charge in [-0.3, -0.25) is 9.35 Å². The van der Waals surface area contributed by atoms with E-state index < -0.39 is 59.8 Å². The van der Waals surface area contributed by atoms with E-state index in [2.05, 4.69) is 66.6 Å². The minimum absolute atomic E-state index is 0.0360. The lowest BCUT2D eigenvalue weighted by molar-refractivity contribution is -0.301. The summed E-state index contributed by atoms with van der Waals surface area (Å²) in [5, 5.41) is 30.9. The number of allylic oxidation sites excluding steroid dienone is 8. The van der Waals surface area contributed by atoms with Crippen molar-refractivity contribution in [2.24, 2.45) is 0 Å². The number of carbonyl (C=O) groups excluding carboxylic acids is 1. The van der Waals surface area contributed by atoms with Crippen LogP contribution in [-0.2, 0) is 38.3 Å². The molecule has 1 aliphatic rings. The van der Waals surface area contributed by atoms with E-state index in [0.29, 0.717) is 13.0 Å². The van der Waals surface area contributed by atoms with E-state index in [1.165, 1.54) is 212 Å². The van der Waals surface area contributed by atoms with Crippen molar-refractivity contribution in [3.8, 4) is 0 Å². The van der Waals surface area contributed by atoms with Gasteiger partial charge in [0, 0.05) is 13.0 Å². The number of aliphatic hydroxyl groups excluding tert-OH is 3. The molecule has 0 spiro atoms. The Kier molecular flexibility index (Phi) is 52.8. The highest BCUT2D eigenvalue weighted by atomic mass is 32.3. The van der Waals surface area contributed by atoms with Gasteiger partial charge in [0.15, 0.2) is 6.29 Å². The Bertz CT molecular complexity index is 1530. The second-order valence-electron chi connectivity index (χ2n) is 22.4. The minimum Gasteiger partial charge on any atom is -0.457 e. The lowest BCUT2D eigenvalue weighted by Crippen LogP contribution is -2.60. The normalized spacial score (nSPS) is 18.7. The molecule has 1 fully saturated rings. The van der Waals surface area contributed by atoms with Gasteiger partial charge in [-0.25, -0.2) is 4.18 Å². The Morgan fingerprint density at radius 3 is 1.24 bits per heavy atom. The zero-order valence-electron chi connectivity index (χ0n) is 50.0. The molecule has 0 aromatic rings. The summed E-state index contributed by atoms with van der Waals surface area (Å²) in [4.78, 5) is 13.0. The smallest absolute Gasteiger partial charge is 0.397 e. The van der Waals surface area contributed by atoms with Gasteiger partial charge < -0.3 is 34.3 Å². The molecule has 4 N–H and O–H groups in total. The first kappa shape index (κ1) is 74.1. The zero-order chi connectivity index (χ0) is 56.7. The molecule has 0 aromatic carbocycles. The Balaban J connectivity index is 2.24. The summed E-state index contributed by atoms with van der Waals surface area (Å²) in [7, 11) is -5.07. The number of ether oxygens (including phenoxy) is 4. The van der Waals surface area contributed by atoms with Gasteiger partial charge >= 0.3 is 16.4 Å². The average molecular weight is 1130 g/mol. The van der Waals surface area contributed by atoms with E-state index in [4.69, 9.17) is 18.9 Å². The quantitative estimate of drug-likeness (QED) is 0.0196. The third kappa shape index (κ3) is 47.7. The Morgan fingerprint density at radius 2 is 0.846 bits per heavy atom. The van der Waals surface area contributed by atoms with Crippen molar-refractivity contribution in [3.05, 3.63) is 48.6 Å². The molecule has 6 atom stereocenters. The number of aliphatic hydroxyl groups is 3. The molecule has 6 unspecified atom stereocenters. The summed E-state index contributed by atoms with van der Waals surface area (Å²) in [6.45, 7) is 4.03. The van der Waals surface area contributed by atoms with Crippen molar-refractivity contribution in [3.63, 3.8) is 0 Å². The van der Waals surface area contributed by atoms with Crippen LogP contribution in [0.4, 0.5) is 0 Å². The van der Waals surface area contributed by atoms with Gasteiger partial charge in [0.05, 0.1) is 19.8 Å². The second-order valence-corrected chi connectivity index (χ2v) is 23.4. The summed E-state index contributed by atoms with van der Waals surface area (Å²) >= 11 is 0. The number of esters is 1. The van der Waals surface area contributed by atoms with Crippen LogP contribution in [0, 0.1) is 0 Å². The molecule has 0 bridgehead atoms. The second kappa shape index (κ2) is 55.6. The largest absolute Gasteiger partial charge is 0.457 e. The fourth-order valence-electron chi connectivity index (χ4n) is 10.0. The lowest BCUT2D eigenvalue weighted by Gasteiger charge is -2.41. The highest BCUT2D eigenvalue weighted by Gasteiger charge is 2.48. The van der Waals surface area contributed by atoms with Gasteiger partial charge in [-0.2, -0.15) is 8.42 Å². The first-order valence-electron chi connectivity index (χ1n) is 32.4. The molecular formula is C65H120O12S. The van der Waals surface area contributed by atoms with Gasteiger partial charge in [0.25, 0.3) is 0 Å². The van der Waals surface area contributed by atoms with Crippen LogP contribution in [0.2, 0.25) is 0 Å². The zero-order valence-corrected chi connectivity index (χ0v) is 50.8. The van der Waals surface area contributed by atoms with Crippen LogP contribution >= 0.6 is 0 Å². The molecule has 0 amide bonds. The molecule has 0 saturated carbocycles. The van der Waals surface area contributed by atoms with Crippen LogP contribution in [0.5, 0.6) is 0 Å². The van der Waals surface area contributed by atoms with Crippen molar-refractivity contribution in [1.29, 1.82) is 0 Å². The van der Waals surface area contributed by atoms with Crippen LogP contribution in [0.25, 0.3) is 0 Å². The van der Waals surface area contributed by atoms with Crippen molar-refractivity contribution in [2.75, 3.05) is 26.4 Å². The number of rotatable bonds is 58. The first-order chi connectivity index (χ1) is 38.1. The summed E-state index contributed by atoms with van der Waals surface area (Å²) < 4.78 is 59.6. The number of unbranched alkanes of at least 4 members (excludes halogenated alkanes) is 37. The molecule has 0 aromatic heterocycles. The number of hydrogen-bond donors (Lipinski definition) is 4. The van der Waals surface area contributed by atoms with E-state index in [9.17, 15) is 33.1 Å². The number of hydrogen-bond acceptors (Lipinski definition) is 11. The van der Waals surface area contributed by atoms with Crippen molar-refractivity contribution in [1.82, 2.24) is 0 Å². The molecule has 1 heterocycles. The van der Waals surface area contributed by atoms with Crippen LogP contribution < -0.4 is 0 Å². The Hall–Kier alpha value is -1.94. The SMILES string of the molecule is CCCCCCC/C=C\C/C=C\C/C=C\CCCCCCCCCCCCC(=O)OC(COCCCCCCCCCCCCCCCC/C=C\CCCCCCCCCC)COC1OC(CO)C(O)C(OS(=O)(=O)O)C1O. The van der Waals surface area contributed by atoms with Gasteiger partial charge in [0.1, 0.15) is 30.5 Å². The molecule has 1 aliphatic heterocycles. The topological polar surface area (TPSA) is 178 Å². The third-order valence-corrected chi connectivity index (χ3v) is 15.4. The highest BCUT2D eigenvalue weighted by molar-refractivity contribution is 7.80. The Labute approximate surface area is 478 Å². The fourth-order valence-corrected chi connectivity index (χ4v) is 10.5. The number of carbonyl (C=O) groups is 1. The summed E-state index contributed by atoms with van der Waals surface area (Å²) in [6, 6.07) is 0. The molecular weight excluding hydrogens is 1000 g/mol. The maximum atomic E-state index is 13.0. The molecule has 12 nitrogen and oxygen atoms in total. The standard InChI is InChI=1S/C65H120O12S/c1-3-5-7-9-11-13-15-17-19-21-23-25-27-29-31-33-35-37-39-41-43-45-47-49-51-53-55-73-57-59(58-74-65-63(69)64(77-78(70,71)72)62(68)60(56-66)76-65)75-61(67)54-52-50-48-46-44-42-40-38-36-34-32-30-28-26-24-22-20-18-16-14-12-10-8-6-4-2/h16,18,21-24,28,30,59-60,62-66,68-69H,3-15,17,19-20,25-27,29,31-58H2,1-2H3,(H,70,71,72)/b18-16-,23-21-,24-22-,30-28-. The maximum Gasteiger partial charge on any atom is 0.397 e. The van der Waals surface area contributed by atoms with Crippen LogP contribution in [-0.4, -0.2) is 97.5 Å². The van der Waals surface area contributed by atoms with E-state index in [1.807, 2.05) is 0 Å². The van der Waals surface area contributed by atoms with Crippen molar-refractivity contribution < 1.29 is 56.2 Å². The van der Waals surface area contributed by atoms with Crippen molar-refractivity contribution >= 4 is 16.4 Å². The van der Waals surface area contributed by atoms with Crippen LogP contribution in [0.15, 0.2) is 48.6 Å². The van der Waals surface area contributed by atoms with E-state index in [0.717, 1.165) is 57.8 Å². The molecule has 13 heteroatoms. The Morgan fingerprint density at radius 1 is 0.487 bits per heavy atom. The van der Waals surface area contributed by atoms with E-state index >= 15 is 0 Å². The maximum absolute atomic E-state index is 13.0. The highest BCUT2D eigenvalue weighted by Crippen LogP contribution is 2.26. The van der Waals surface area contributed by atoms with Crippen molar-refractivity contribution in [2.45, 2.75) is 333 Å². The van der Waals surface area contributed by atoms with E-state index in [1.54, 1.807) is 0 Å². The molecule has 1 saturated heterocycles. The monoisotopic (exact) mass is 1120 g/mol. The molecule has 0 radical (unpaired) electrons. The summed E-state index contributed by atoms with van der Waals surface area (Å²) in [5.74, 6) is -0.399. The fraction of sp³-hybridized carbons (Fsp3) is 0.862. The van der Waals surface area contributed by atoms with Gasteiger partial charge in [-0.15, -0.1) is 0 Å². The first-order valence-corrected chi connectivity index (χ1v) is 33.8. The third-order valence-electron chi connectivity index (χ3n) is 14.9. The van der Waals surface area contributed by atoms with E-state index in [-0.39, 0.29) is 19.6 Å².